The van der Waals surface area contributed by atoms with Crippen LogP contribution in [0.25, 0.3) is 0 Å². The molecule has 1 aromatic heterocycles. The predicted octanol–water partition coefficient (Wildman–Crippen LogP) is 3.87. The summed E-state index contributed by atoms with van der Waals surface area (Å²) in [5.41, 5.74) is 0.263. The predicted molar refractivity (Wildman–Crippen MR) is 82.1 cm³/mol. The van der Waals surface area contributed by atoms with Gasteiger partial charge in [-0.2, -0.15) is 0 Å². The third-order valence-corrected chi connectivity index (χ3v) is 5.21. The standard InChI is InChI=1S/C15H26N2OS/c1-10(2)12-13(15(4,5)18)19-14(16-12)17-9-7-6-8-11(17)3/h10-11,18H,6-9H2,1-5H3. The van der Waals surface area contributed by atoms with Crippen LogP contribution >= 0.6 is 11.3 Å². The minimum absolute atomic E-state index is 0.353. The second-order valence-corrected chi connectivity index (χ2v) is 7.44. The summed E-state index contributed by atoms with van der Waals surface area (Å²) < 4.78 is 0. The van der Waals surface area contributed by atoms with Gasteiger partial charge in [0.15, 0.2) is 5.13 Å². The Bertz CT molecular complexity index is 434. The molecule has 4 heteroatoms. The van der Waals surface area contributed by atoms with Gasteiger partial charge >= 0.3 is 0 Å². The fourth-order valence-corrected chi connectivity index (χ4v) is 4.01. The molecule has 0 aliphatic carbocycles. The molecular formula is C15H26N2OS. The Morgan fingerprint density at radius 3 is 2.53 bits per heavy atom. The van der Waals surface area contributed by atoms with E-state index in [4.69, 9.17) is 4.98 Å². The van der Waals surface area contributed by atoms with Gasteiger partial charge in [-0.3, -0.25) is 0 Å². The summed E-state index contributed by atoms with van der Waals surface area (Å²) in [6, 6.07) is 0.564. The molecule has 1 saturated heterocycles. The summed E-state index contributed by atoms with van der Waals surface area (Å²) in [7, 11) is 0. The van der Waals surface area contributed by atoms with Gasteiger partial charge in [0.1, 0.15) is 0 Å². The van der Waals surface area contributed by atoms with E-state index in [1.165, 1.54) is 19.3 Å². The van der Waals surface area contributed by atoms with Gasteiger partial charge in [0, 0.05) is 12.6 Å². The lowest BCUT2D eigenvalue weighted by molar-refractivity contribution is 0.0811. The van der Waals surface area contributed by atoms with Gasteiger partial charge in [0.2, 0.25) is 0 Å². The average molecular weight is 282 g/mol. The number of aliphatic hydroxyl groups is 1. The Balaban J connectivity index is 2.37. The van der Waals surface area contributed by atoms with Crippen molar-refractivity contribution in [2.24, 2.45) is 0 Å². The molecule has 2 rings (SSSR count). The van der Waals surface area contributed by atoms with Crippen LogP contribution in [-0.2, 0) is 5.60 Å². The Labute approximate surface area is 120 Å². The summed E-state index contributed by atoms with van der Waals surface area (Å²) in [6.07, 6.45) is 3.81. The van der Waals surface area contributed by atoms with Crippen molar-refractivity contribution in [3.63, 3.8) is 0 Å². The molecule has 19 heavy (non-hydrogen) atoms. The van der Waals surface area contributed by atoms with Crippen molar-refractivity contribution in [1.29, 1.82) is 0 Å². The summed E-state index contributed by atoms with van der Waals surface area (Å²) in [5, 5.41) is 11.4. The van der Waals surface area contributed by atoms with Gasteiger partial charge in [-0.15, -0.1) is 0 Å². The van der Waals surface area contributed by atoms with E-state index >= 15 is 0 Å². The summed E-state index contributed by atoms with van der Waals surface area (Å²) in [6.45, 7) is 11.4. The number of hydrogen-bond donors (Lipinski definition) is 1. The van der Waals surface area contributed by atoms with E-state index in [1.54, 1.807) is 11.3 Å². The summed E-state index contributed by atoms with van der Waals surface area (Å²) in [5.74, 6) is 0.353. The van der Waals surface area contributed by atoms with Crippen LogP contribution in [0.5, 0.6) is 0 Å². The van der Waals surface area contributed by atoms with E-state index in [0.29, 0.717) is 12.0 Å². The Morgan fingerprint density at radius 2 is 2.05 bits per heavy atom. The van der Waals surface area contributed by atoms with Crippen LogP contribution in [0.3, 0.4) is 0 Å². The maximum absolute atomic E-state index is 10.3. The molecule has 1 aliphatic rings. The summed E-state index contributed by atoms with van der Waals surface area (Å²) in [4.78, 5) is 8.27. The van der Waals surface area contributed by atoms with Crippen molar-refractivity contribution in [3.05, 3.63) is 10.6 Å². The fraction of sp³-hybridized carbons (Fsp3) is 0.800. The molecule has 1 aromatic rings. The molecule has 0 bridgehead atoms. The van der Waals surface area contributed by atoms with Crippen molar-refractivity contribution in [3.8, 4) is 0 Å². The van der Waals surface area contributed by atoms with Gasteiger partial charge in [-0.25, -0.2) is 4.98 Å². The maximum atomic E-state index is 10.3. The normalized spacial score (nSPS) is 21.2. The van der Waals surface area contributed by atoms with Crippen LogP contribution in [0.1, 0.15) is 70.4 Å². The van der Waals surface area contributed by atoms with E-state index in [9.17, 15) is 5.11 Å². The largest absolute Gasteiger partial charge is 0.385 e. The molecule has 1 unspecified atom stereocenters. The van der Waals surface area contributed by atoms with Gasteiger partial charge in [0.25, 0.3) is 0 Å². The topological polar surface area (TPSA) is 36.4 Å². The lowest BCUT2D eigenvalue weighted by atomic mass is 10.0. The highest BCUT2D eigenvalue weighted by Gasteiger charge is 2.29. The molecule has 0 aromatic carbocycles. The van der Waals surface area contributed by atoms with Gasteiger partial charge in [-0.1, -0.05) is 25.2 Å². The average Bonchev–Trinajstić information content (AvgIpc) is 2.74. The van der Waals surface area contributed by atoms with Crippen molar-refractivity contribution in [2.45, 2.75) is 71.4 Å². The Morgan fingerprint density at radius 1 is 1.37 bits per heavy atom. The SMILES string of the molecule is CC(C)c1nc(N2CCCCC2C)sc1C(C)(C)O. The molecule has 0 radical (unpaired) electrons. The van der Waals surface area contributed by atoms with Crippen LogP contribution in [0.4, 0.5) is 5.13 Å². The Kier molecular flexibility index (Phi) is 4.21. The van der Waals surface area contributed by atoms with Crippen LogP contribution in [0.2, 0.25) is 0 Å². The zero-order chi connectivity index (χ0) is 14.2. The molecule has 108 valence electrons. The molecule has 1 fully saturated rings. The highest BCUT2D eigenvalue weighted by Crippen LogP contribution is 2.39. The minimum atomic E-state index is -0.797. The zero-order valence-electron chi connectivity index (χ0n) is 12.7. The molecule has 0 amide bonds. The Hall–Kier alpha value is -0.610. The second kappa shape index (κ2) is 5.41. The molecule has 1 atom stereocenters. The first-order chi connectivity index (χ1) is 8.80. The first-order valence-corrected chi connectivity index (χ1v) is 8.12. The molecule has 2 heterocycles. The highest BCUT2D eigenvalue weighted by atomic mass is 32.1. The van der Waals surface area contributed by atoms with Gasteiger partial charge < -0.3 is 10.0 Å². The molecule has 0 spiro atoms. The van der Waals surface area contributed by atoms with E-state index in [2.05, 4.69) is 25.7 Å². The van der Waals surface area contributed by atoms with Gasteiger partial charge in [-0.05, 0) is 46.0 Å². The molecule has 3 nitrogen and oxygen atoms in total. The summed E-state index contributed by atoms with van der Waals surface area (Å²) >= 11 is 1.67. The molecule has 1 aliphatic heterocycles. The number of anilines is 1. The van der Waals surface area contributed by atoms with Crippen molar-refractivity contribution in [2.75, 3.05) is 11.4 Å². The van der Waals surface area contributed by atoms with Crippen molar-refractivity contribution < 1.29 is 5.11 Å². The van der Waals surface area contributed by atoms with Crippen molar-refractivity contribution >= 4 is 16.5 Å². The third-order valence-electron chi connectivity index (χ3n) is 3.79. The number of nitrogens with zero attached hydrogens (tertiary/aromatic N) is 2. The van der Waals surface area contributed by atoms with Crippen LogP contribution < -0.4 is 4.90 Å². The minimum Gasteiger partial charge on any atom is -0.385 e. The van der Waals surface area contributed by atoms with Crippen LogP contribution in [0.15, 0.2) is 0 Å². The smallest absolute Gasteiger partial charge is 0.186 e. The van der Waals surface area contributed by atoms with Crippen LogP contribution in [0, 0.1) is 0 Å². The molecule has 0 saturated carbocycles. The van der Waals surface area contributed by atoms with E-state index < -0.39 is 5.60 Å². The van der Waals surface area contributed by atoms with Gasteiger partial charge in [0.05, 0.1) is 16.2 Å². The van der Waals surface area contributed by atoms with E-state index in [1.807, 2.05) is 13.8 Å². The zero-order valence-corrected chi connectivity index (χ0v) is 13.5. The van der Waals surface area contributed by atoms with E-state index in [0.717, 1.165) is 22.2 Å². The number of rotatable bonds is 3. The number of aromatic nitrogens is 1. The third kappa shape index (κ3) is 3.11. The first-order valence-electron chi connectivity index (χ1n) is 7.31. The fourth-order valence-electron chi connectivity index (χ4n) is 2.65. The lowest BCUT2D eigenvalue weighted by Gasteiger charge is -2.33. The lowest BCUT2D eigenvalue weighted by Crippen LogP contribution is -2.37. The van der Waals surface area contributed by atoms with E-state index in [-0.39, 0.29) is 0 Å². The molecule has 1 N–H and O–H groups in total. The molecular weight excluding hydrogens is 256 g/mol. The maximum Gasteiger partial charge on any atom is 0.186 e. The number of piperidine rings is 1. The first kappa shape index (κ1) is 14.8. The van der Waals surface area contributed by atoms with Crippen LogP contribution in [-0.4, -0.2) is 22.7 Å². The highest BCUT2D eigenvalue weighted by molar-refractivity contribution is 7.15. The number of thiazole rings is 1. The quantitative estimate of drug-likeness (QED) is 0.914. The monoisotopic (exact) mass is 282 g/mol. The number of hydrogen-bond acceptors (Lipinski definition) is 4. The second-order valence-electron chi connectivity index (χ2n) is 6.46. The van der Waals surface area contributed by atoms with Crippen molar-refractivity contribution in [1.82, 2.24) is 4.98 Å².